The predicted molar refractivity (Wildman–Crippen MR) is 141 cm³/mol. The van der Waals surface area contributed by atoms with Gasteiger partial charge in [0.15, 0.2) is 5.96 Å². The van der Waals surface area contributed by atoms with E-state index in [1.54, 1.807) is 0 Å². The molecule has 0 saturated carbocycles. The lowest BCUT2D eigenvalue weighted by Gasteiger charge is -2.33. The van der Waals surface area contributed by atoms with Crippen molar-refractivity contribution in [3.05, 3.63) is 48.0 Å². The molecule has 30 heavy (non-hydrogen) atoms. The molecule has 0 spiro atoms. The minimum Gasteiger partial charge on any atom is -0.357 e. The molecule has 3 N–H and O–H groups in total. The molecule has 1 saturated heterocycles. The maximum absolute atomic E-state index is 4.90. The van der Waals surface area contributed by atoms with E-state index in [9.17, 15) is 0 Å². The Morgan fingerprint density at radius 3 is 2.43 bits per heavy atom. The zero-order valence-corrected chi connectivity index (χ0v) is 21.8. The smallest absolute Gasteiger partial charge is 0.191 e. The fourth-order valence-electron chi connectivity index (χ4n) is 3.86. The van der Waals surface area contributed by atoms with Crippen molar-refractivity contribution in [2.24, 2.45) is 4.99 Å². The Morgan fingerprint density at radius 2 is 1.87 bits per heavy atom. The van der Waals surface area contributed by atoms with Gasteiger partial charge in [0.05, 0.1) is 6.54 Å². The Kier molecular flexibility index (Phi) is 12.0. The van der Waals surface area contributed by atoms with Crippen LogP contribution in [0.1, 0.15) is 59.1 Å². The summed E-state index contributed by atoms with van der Waals surface area (Å²) in [6.45, 7) is 19.7. The summed E-state index contributed by atoms with van der Waals surface area (Å²) >= 11 is 0. The molecule has 170 valence electrons. The van der Waals surface area contributed by atoms with Crippen LogP contribution in [0.5, 0.6) is 0 Å². The van der Waals surface area contributed by atoms with Gasteiger partial charge in [-0.15, -0.1) is 24.0 Å². The molecule has 1 heterocycles. The largest absolute Gasteiger partial charge is 0.357 e. The second-order valence-corrected chi connectivity index (χ2v) is 9.01. The lowest BCUT2D eigenvalue weighted by Crippen LogP contribution is -2.50. The van der Waals surface area contributed by atoms with Gasteiger partial charge >= 0.3 is 0 Å². The van der Waals surface area contributed by atoms with Gasteiger partial charge in [0.25, 0.3) is 0 Å². The van der Waals surface area contributed by atoms with Gasteiger partial charge < -0.3 is 16.0 Å². The summed E-state index contributed by atoms with van der Waals surface area (Å²) in [5.74, 6) is 0.924. The number of hydrogen-bond donors (Lipinski definition) is 3. The topological polar surface area (TPSA) is 51.7 Å². The van der Waals surface area contributed by atoms with Crippen LogP contribution >= 0.6 is 24.0 Å². The minimum atomic E-state index is -0.0948. The zero-order chi connectivity index (χ0) is 21.3. The number of nitrogens with one attached hydrogen (secondary N) is 3. The van der Waals surface area contributed by atoms with Crippen LogP contribution in [0.2, 0.25) is 0 Å². The van der Waals surface area contributed by atoms with Crippen molar-refractivity contribution in [3.63, 3.8) is 0 Å². The molecule has 0 amide bonds. The van der Waals surface area contributed by atoms with E-state index in [1.807, 2.05) is 0 Å². The van der Waals surface area contributed by atoms with E-state index < -0.39 is 0 Å². The van der Waals surface area contributed by atoms with Crippen LogP contribution < -0.4 is 16.0 Å². The van der Waals surface area contributed by atoms with Gasteiger partial charge in [0.2, 0.25) is 0 Å². The summed E-state index contributed by atoms with van der Waals surface area (Å²) in [5, 5.41) is 10.8. The van der Waals surface area contributed by atoms with Crippen molar-refractivity contribution in [1.82, 2.24) is 20.9 Å². The molecule has 1 unspecified atom stereocenters. The third-order valence-corrected chi connectivity index (χ3v) is 5.31. The van der Waals surface area contributed by atoms with Crippen LogP contribution in [0.25, 0.3) is 0 Å². The number of rotatable bonds is 9. The molecule has 0 aliphatic carbocycles. The number of benzene rings is 1. The zero-order valence-electron chi connectivity index (χ0n) is 19.5. The number of halogens is 1. The lowest BCUT2D eigenvalue weighted by molar-refractivity contribution is 0.221. The third kappa shape index (κ3) is 9.79. The normalized spacial score (nSPS) is 17.2. The van der Waals surface area contributed by atoms with E-state index >= 15 is 0 Å². The molecule has 2 rings (SSSR count). The van der Waals surface area contributed by atoms with Crippen LogP contribution in [0, 0.1) is 0 Å². The molecule has 1 fully saturated rings. The van der Waals surface area contributed by atoms with Gasteiger partial charge in [-0.3, -0.25) is 9.89 Å². The highest BCUT2D eigenvalue weighted by atomic mass is 127. The molecule has 1 atom stereocenters. The van der Waals surface area contributed by atoms with E-state index in [0.717, 1.165) is 45.0 Å². The molecule has 1 aromatic carbocycles. The van der Waals surface area contributed by atoms with Crippen LogP contribution in [-0.2, 0) is 0 Å². The van der Waals surface area contributed by atoms with E-state index in [-0.39, 0.29) is 35.6 Å². The number of aliphatic imine (C=N–C) groups is 1. The monoisotopic (exact) mass is 527 g/mol. The first-order valence-corrected chi connectivity index (χ1v) is 11.0. The summed E-state index contributed by atoms with van der Waals surface area (Å²) < 4.78 is 0. The summed E-state index contributed by atoms with van der Waals surface area (Å²) in [6.07, 6.45) is 2.29. The number of likely N-dealkylation sites (tertiary alicyclic amines) is 1. The van der Waals surface area contributed by atoms with Crippen molar-refractivity contribution in [1.29, 1.82) is 0 Å². The Bertz CT molecular complexity index is 651. The third-order valence-electron chi connectivity index (χ3n) is 5.31. The number of piperidine rings is 1. The van der Waals surface area contributed by atoms with Crippen LogP contribution in [0.4, 0.5) is 0 Å². The molecule has 1 aromatic rings. The second-order valence-electron chi connectivity index (χ2n) is 9.01. The first kappa shape index (κ1) is 26.9. The summed E-state index contributed by atoms with van der Waals surface area (Å²) in [6, 6.07) is 11.3. The van der Waals surface area contributed by atoms with Crippen LogP contribution in [0.3, 0.4) is 0 Å². The van der Waals surface area contributed by atoms with Crippen LogP contribution in [0.15, 0.2) is 47.5 Å². The molecule has 0 radical (unpaired) electrons. The fraction of sp³-hybridized carbons (Fsp3) is 0.625. The SMILES string of the molecule is C=C(C)CN1CCC(NC(=NCC(C)(C)NC(C)c2ccccc2)NCC)CC1.I. The Labute approximate surface area is 201 Å². The van der Waals surface area contributed by atoms with Crippen molar-refractivity contribution in [2.75, 3.05) is 32.7 Å². The Morgan fingerprint density at radius 1 is 1.23 bits per heavy atom. The molecular formula is C24H42IN5. The maximum Gasteiger partial charge on any atom is 0.191 e. The summed E-state index contributed by atoms with van der Waals surface area (Å²) in [7, 11) is 0. The van der Waals surface area contributed by atoms with E-state index in [4.69, 9.17) is 4.99 Å². The van der Waals surface area contributed by atoms with E-state index in [0.29, 0.717) is 12.6 Å². The fourth-order valence-corrected chi connectivity index (χ4v) is 3.86. The molecule has 0 bridgehead atoms. The highest BCUT2D eigenvalue weighted by Gasteiger charge is 2.22. The second kappa shape index (κ2) is 13.3. The minimum absolute atomic E-state index is 0. The van der Waals surface area contributed by atoms with Gasteiger partial charge in [-0.2, -0.15) is 0 Å². The van der Waals surface area contributed by atoms with Gasteiger partial charge in [0.1, 0.15) is 0 Å². The average Bonchev–Trinajstić information content (AvgIpc) is 2.68. The quantitative estimate of drug-likeness (QED) is 0.194. The van der Waals surface area contributed by atoms with Gasteiger partial charge in [0, 0.05) is 43.8 Å². The molecule has 0 aromatic heterocycles. The molecule has 1 aliphatic heterocycles. The highest BCUT2D eigenvalue weighted by Crippen LogP contribution is 2.16. The number of nitrogens with zero attached hydrogens (tertiary/aromatic N) is 2. The first-order chi connectivity index (χ1) is 13.8. The average molecular weight is 528 g/mol. The maximum atomic E-state index is 4.90. The van der Waals surface area contributed by atoms with Gasteiger partial charge in [-0.05, 0) is 53.0 Å². The number of guanidine groups is 1. The molecule has 6 heteroatoms. The lowest BCUT2D eigenvalue weighted by atomic mass is 10.0. The first-order valence-electron chi connectivity index (χ1n) is 11.0. The van der Waals surface area contributed by atoms with E-state index in [2.05, 4.69) is 92.4 Å². The summed E-state index contributed by atoms with van der Waals surface area (Å²) in [4.78, 5) is 7.39. The van der Waals surface area contributed by atoms with Gasteiger partial charge in [-0.1, -0.05) is 42.5 Å². The molecule has 1 aliphatic rings. The Hall–Kier alpha value is -1.12. The van der Waals surface area contributed by atoms with Crippen LogP contribution in [-0.4, -0.2) is 55.2 Å². The Balaban J connectivity index is 0.00000450. The summed E-state index contributed by atoms with van der Waals surface area (Å²) in [5.41, 5.74) is 2.45. The standard InChI is InChI=1S/C24H41N5.HI/c1-7-25-23(27-22-13-15-29(16-14-22)17-19(2)3)26-18-24(5,6)28-20(4)21-11-9-8-10-12-21;/h8-12,20,22,28H,2,7,13-18H2,1,3-6H3,(H2,25,26,27);1H. The van der Waals surface area contributed by atoms with Crippen molar-refractivity contribution in [2.45, 2.75) is 65.1 Å². The molecular weight excluding hydrogens is 485 g/mol. The predicted octanol–water partition coefficient (Wildman–Crippen LogP) is 4.33. The highest BCUT2D eigenvalue weighted by molar-refractivity contribution is 14.0. The van der Waals surface area contributed by atoms with Crippen molar-refractivity contribution < 1.29 is 0 Å². The molecule has 5 nitrogen and oxygen atoms in total. The number of hydrogen-bond acceptors (Lipinski definition) is 3. The van der Waals surface area contributed by atoms with Gasteiger partial charge in [-0.25, -0.2) is 0 Å². The van der Waals surface area contributed by atoms with E-state index in [1.165, 1.54) is 11.1 Å². The van der Waals surface area contributed by atoms with Crippen molar-refractivity contribution >= 4 is 29.9 Å². The van der Waals surface area contributed by atoms with Crippen molar-refractivity contribution in [3.8, 4) is 0 Å².